The molecule has 0 aliphatic carbocycles. The van der Waals surface area contributed by atoms with Gasteiger partial charge in [0.1, 0.15) is 11.9 Å². The monoisotopic (exact) mass is 553 g/mol. The second-order valence-corrected chi connectivity index (χ2v) is 10.3. The van der Waals surface area contributed by atoms with E-state index < -0.39 is 29.3 Å². The molecule has 1 fully saturated rings. The van der Waals surface area contributed by atoms with Crippen LogP contribution in [0, 0.1) is 23.1 Å². The molecule has 1 aliphatic heterocycles. The van der Waals surface area contributed by atoms with Crippen molar-refractivity contribution in [2.75, 3.05) is 23.3 Å². The number of rotatable bonds is 6. The molecule has 4 rings (SSSR count). The average Bonchev–Trinajstić information content (AvgIpc) is 3.05. The third-order valence-corrected chi connectivity index (χ3v) is 6.79. The standard InChI is InChI=1S/C25H30F3N7O2.ClH/c1-14-12-34(13-20(30)25(14,27)28)22-15(11-29)9-17(26)21(32-22)31-16-5-6-18-19(10-16)35(23(36)33(18)4)8-7-24(2,3)37;/h5-6,9-10,14,20,37H,7-8,12-13,30H2,1-4H3,(H,31,32);1H/t14-,20+;/m0./s1. The van der Waals surface area contributed by atoms with Crippen LogP contribution < -0.4 is 21.6 Å². The van der Waals surface area contributed by atoms with E-state index in [4.69, 9.17) is 5.73 Å². The van der Waals surface area contributed by atoms with Gasteiger partial charge in [0.2, 0.25) is 0 Å². The fourth-order valence-electron chi connectivity index (χ4n) is 4.54. The number of pyridine rings is 1. The van der Waals surface area contributed by atoms with Gasteiger partial charge in [0.05, 0.1) is 28.2 Å². The third kappa shape index (κ3) is 5.45. The average molecular weight is 554 g/mol. The van der Waals surface area contributed by atoms with Crippen molar-refractivity contribution in [1.82, 2.24) is 14.1 Å². The Labute approximate surface area is 224 Å². The van der Waals surface area contributed by atoms with Crippen LogP contribution in [0.1, 0.15) is 32.8 Å². The molecule has 38 heavy (non-hydrogen) atoms. The zero-order valence-corrected chi connectivity index (χ0v) is 22.3. The van der Waals surface area contributed by atoms with E-state index in [1.807, 2.05) is 6.07 Å². The molecule has 0 bridgehead atoms. The number of nitrogens with zero attached hydrogens (tertiary/aromatic N) is 5. The number of piperidine rings is 1. The Bertz CT molecular complexity index is 1430. The van der Waals surface area contributed by atoms with Gasteiger partial charge in [-0.2, -0.15) is 5.26 Å². The van der Waals surface area contributed by atoms with Crippen molar-refractivity contribution in [3.05, 3.63) is 46.1 Å². The Morgan fingerprint density at radius 2 is 1.97 bits per heavy atom. The van der Waals surface area contributed by atoms with Gasteiger partial charge < -0.3 is 21.1 Å². The minimum Gasteiger partial charge on any atom is -0.390 e. The second kappa shape index (κ2) is 10.5. The number of alkyl halides is 2. The van der Waals surface area contributed by atoms with Crippen LogP contribution in [0.3, 0.4) is 0 Å². The van der Waals surface area contributed by atoms with Crippen LogP contribution >= 0.6 is 12.4 Å². The summed E-state index contributed by atoms with van der Waals surface area (Å²) in [5, 5.41) is 22.5. The largest absolute Gasteiger partial charge is 0.390 e. The highest BCUT2D eigenvalue weighted by molar-refractivity contribution is 5.85. The summed E-state index contributed by atoms with van der Waals surface area (Å²) in [6.07, 6.45) is 0.342. The summed E-state index contributed by atoms with van der Waals surface area (Å²) in [5.41, 5.74) is 6.04. The number of nitriles is 1. The molecule has 4 N–H and O–H groups in total. The molecule has 3 heterocycles. The number of hydrogen-bond donors (Lipinski definition) is 3. The molecule has 1 saturated heterocycles. The Morgan fingerprint density at radius 3 is 2.58 bits per heavy atom. The van der Waals surface area contributed by atoms with Gasteiger partial charge in [-0.05, 0) is 44.5 Å². The first kappa shape index (κ1) is 29.3. The number of benzene rings is 1. The van der Waals surface area contributed by atoms with Crippen LogP contribution in [0.2, 0.25) is 0 Å². The molecule has 9 nitrogen and oxygen atoms in total. The molecular weight excluding hydrogens is 523 g/mol. The number of nitrogens with two attached hydrogens (primary N) is 1. The van der Waals surface area contributed by atoms with E-state index in [-0.39, 0.29) is 54.9 Å². The van der Waals surface area contributed by atoms with E-state index in [1.165, 1.54) is 21.0 Å². The number of fused-ring (bicyclic) bond motifs is 1. The van der Waals surface area contributed by atoms with E-state index in [1.54, 1.807) is 39.1 Å². The Balaban J connectivity index is 0.00000400. The number of anilines is 3. The van der Waals surface area contributed by atoms with Crippen molar-refractivity contribution in [2.45, 2.75) is 51.3 Å². The van der Waals surface area contributed by atoms with Crippen molar-refractivity contribution in [3.63, 3.8) is 0 Å². The van der Waals surface area contributed by atoms with E-state index in [0.29, 0.717) is 23.1 Å². The summed E-state index contributed by atoms with van der Waals surface area (Å²) in [6, 6.07) is 6.45. The van der Waals surface area contributed by atoms with Crippen molar-refractivity contribution in [1.29, 1.82) is 5.26 Å². The SMILES string of the molecule is C[C@H]1CN(c2nc(Nc3ccc4c(c3)n(CCC(C)(C)O)c(=O)n4C)c(F)cc2C#N)C[C@@H](N)C1(F)F.Cl. The lowest BCUT2D eigenvalue weighted by Crippen LogP contribution is -2.60. The van der Waals surface area contributed by atoms with Crippen LogP contribution in [0.4, 0.5) is 30.5 Å². The number of halogens is 4. The lowest BCUT2D eigenvalue weighted by Gasteiger charge is -2.41. The molecule has 0 radical (unpaired) electrons. The predicted molar refractivity (Wildman–Crippen MR) is 142 cm³/mol. The van der Waals surface area contributed by atoms with Crippen LogP contribution in [0.25, 0.3) is 11.0 Å². The maximum absolute atomic E-state index is 14.9. The van der Waals surface area contributed by atoms with Crippen molar-refractivity contribution in [2.24, 2.45) is 18.7 Å². The number of aryl methyl sites for hydroxylation is 2. The summed E-state index contributed by atoms with van der Waals surface area (Å²) in [4.78, 5) is 18.5. The van der Waals surface area contributed by atoms with Crippen molar-refractivity contribution >= 4 is 40.8 Å². The Morgan fingerprint density at radius 1 is 1.29 bits per heavy atom. The van der Waals surface area contributed by atoms with Crippen molar-refractivity contribution in [3.8, 4) is 6.07 Å². The van der Waals surface area contributed by atoms with Crippen LogP contribution in [-0.4, -0.2) is 49.9 Å². The van der Waals surface area contributed by atoms with E-state index >= 15 is 0 Å². The zero-order chi connectivity index (χ0) is 27.3. The maximum atomic E-state index is 14.9. The van der Waals surface area contributed by atoms with E-state index in [2.05, 4.69) is 10.3 Å². The predicted octanol–water partition coefficient (Wildman–Crippen LogP) is 3.49. The molecule has 206 valence electrons. The zero-order valence-electron chi connectivity index (χ0n) is 21.5. The molecule has 3 aromatic rings. The van der Waals surface area contributed by atoms with Crippen LogP contribution in [-0.2, 0) is 13.6 Å². The van der Waals surface area contributed by atoms with Gasteiger partial charge in [-0.3, -0.25) is 9.13 Å². The molecule has 0 spiro atoms. The minimum absolute atomic E-state index is 0. The fraction of sp³-hybridized carbons (Fsp3) is 0.480. The van der Waals surface area contributed by atoms with Gasteiger partial charge in [0.15, 0.2) is 11.6 Å². The highest BCUT2D eigenvalue weighted by Gasteiger charge is 2.48. The van der Waals surface area contributed by atoms with Gasteiger partial charge in [-0.25, -0.2) is 22.9 Å². The van der Waals surface area contributed by atoms with E-state index in [9.17, 15) is 28.3 Å². The van der Waals surface area contributed by atoms with Gasteiger partial charge in [0.25, 0.3) is 5.92 Å². The molecule has 13 heteroatoms. The highest BCUT2D eigenvalue weighted by atomic mass is 35.5. The van der Waals surface area contributed by atoms with Crippen LogP contribution in [0.15, 0.2) is 29.1 Å². The Kier molecular flexibility index (Phi) is 8.07. The second-order valence-electron chi connectivity index (χ2n) is 10.3. The van der Waals surface area contributed by atoms with Gasteiger partial charge in [-0.1, -0.05) is 6.92 Å². The minimum atomic E-state index is -3.07. The summed E-state index contributed by atoms with van der Waals surface area (Å²) in [5.74, 6) is -5.10. The quantitative estimate of drug-likeness (QED) is 0.427. The van der Waals surface area contributed by atoms with E-state index in [0.717, 1.165) is 6.07 Å². The first-order chi connectivity index (χ1) is 17.2. The fourth-order valence-corrected chi connectivity index (χ4v) is 4.54. The van der Waals surface area contributed by atoms with Gasteiger partial charge in [0, 0.05) is 38.3 Å². The van der Waals surface area contributed by atoms with Crippen molar-refractivity contribution < 1.29 is 18.3 Å². The molecule has 1 aliphatic rings. The number of aromatic nitrogens is 3. The summed E-state index contributed by atoms with van der Waals surface area (Å²) in [7, 11) is 1.64. The number of aliphatic hydroxyl groups is 1. The third-order valence-electron chi connectivity index (χ3n) is 6.79. The van der Waals surface area contributed by atoms with Gasteiger partial charge in [-0.15, -0.1) is 12.4 Å². The van der Waals surface area contributed by atoms with Crippen LogP contribution in [0.5, 0.6) is 0 Å². The molecule has 2 aromatic heterocycles. The molecule has 1 aromatic carbocycles. The van der Waals surface area contributed by atoms with Gasteiger partial charge >= 0.3 is 5.69 Å². The molecular formula is C25H31ClF3N7O2. The maximum Gasteiger partial charge on any atom is 0.328 e. The first-order valence-electron chi connectivity index (χ1n) is 11.9. The topological polar surface area (TPSA) is 125 Å². The lowest BCUT2D eigenvalue weighted by atomic mass is 9.91. The molecule has 0 saturated carbocycles. The summed E-state index contributed by atoms with van der Waals surface area (Å²) in [6.45, 7) is 4.61. The molecule has 2 atom stereocenters. The summed E-state index contributed by atoms with van der Waals surface area (Å²) >= 11 is 0. The smallest absolute Gasteiger partial charge is 0.328 e. The first-order valence-corrected chi connectivity index (χ1v) is 11.9. The number of imidazole rings is 1. The molecule has 0 unspecified atom stereocenters. The number of nitrogens with one attached hydrogen (secondary N) is 1. The molecule has 0 amide bonds. The summed E-state index contributed by atoms with van der Waals surface area (Å²) < 4.78 is 46.5. The number of hydrogen-bond acceptors (Lipinski definition) is 7. The highest BCUT2D eigenvalue weighted by Crippen LogP contribution is 2.36. The lowest BCUT2D eigenvalue weighted by molar-refractivity contribution is -0.0807. The Hall–Kier alpha value is -3.27. The normalized spacial score (nSPS) is 19.2.